The van der Waals surface area contributed by atoms with Crippen molar-refractivity contribution >= 4 is 0 Å². The van der Waals surface area contributed by atoms with Crippen LogP contribution in [0.4, 0.5) is 0 Å². The van der Waals surface area contributed by atoms with E-state index in [1.54, 1.807) is 0 Å². The first-order valence-electron chi connectivity index (χ1n) is 5.40. The summed E-state index contributed by atoms with van der Waals surface area (Å²) in [6, 6.07) is 0.562. The Labute approximate surface area is 86.5 Å². The highest BCUT2D eigenvalue weighted by Crippen LogP contribution is 2.06. The Kier molecular flexibility index (Phi) is 4.14. The maximum absolute atomic E-state index is 4.30. The smallest absolute Gasteiger partial charge is 0.0951 e. The highest BCUT2D eigenvalue weighted by Gasteiger charge is 2.08. The first-order valence-corrected chi connectivity index (χ1v) is 5.40. The highest BCUT2D eigenvalue weighted by molar-refractivity contribution is 5.08. The SMILES string of the molecule is CCNC(CC)Cn1cnc(C)c1C. The van der Waals surface area contributed by atoms with Gasteiger partial charge in [-0.3, -0.25) is 0 Å². The molecule has 0 bridgehead atoms. The number of nitrogens with zero attached hydrogens (tertiary/aromatic N) is 2. The van der Waals surface area contributed by atoms with E-state index < -0.39 is 0 Å². The van der Waals surface area contributed by atoms with E-state index in [0.717, 1.165) is 25.2 Å². The molecule has 3 heteroatoms. The molecule has 0 amide bonds. The maximum Gasteiger partial charge on any atom is 0.0951 e. The summed E-state index contributed by atoms with van der Waals surface area (Å²) in [6.45, 7) is 10.6. The van der Waals surface area contributed by atoms with Crippen LogP contribution >= 0.6 is 0 Å². The molecule has 0 aromatic carbocycles. The van der Waals surface area contributed by atoms with Crippen molar-refractivity contribution in [2.24, 2.45) is 0 Å². The van der Waals surface area contributed by atoms with Crippen LogP contribution in [-0.4, -0.2) is 22.1 Å². The van der Waals surface area contributed by atoms with Crippen LogP contribution in [0.15, 0.2) is 6.33 Å². The van der Waals surface area contributed by atoms with Crippen molar-refractivity contribution in [2.75, 3.05) is 6.54 Å². The summed E-state index contributed by atoms with van der Waals surface area (Å²) in [6.07, 6.45) is 3.09. The Morgan fingerprint density at radius 1 is 1.43 bits per heavy atom. The van der Waals surface area contributed by atoms with Gasteiger partial charge in [0.25, 0.3) is 0 Å². The summed E-state index contributed by atoms with van der Waals surface area (Å²) in [5.41, 5.74) is 2.41. The fourth-order valence-corrected chi connectivity index (χ4v) is 1.59. The maximum atomic E-state index is 4.30. The summed E-state index contributed by atoms with van der Waals surface area (Å²) in [5, 5.41) is 3.47. The zero-order valence-electron chi connectivity index (χ0n) is 9.67. The summed E-state index contributed by atoms with van der Waals surface area (Å²) in [4.78, 5) is 4.30. The topological polar surface area (TPSA) is 29.9 Å². The molecule has 1 N–H and O–H groups in total. The minimum absolute atomic E-state index is 0.562. The molecule has 0 aliphatic rings. The molecule has 0 fully saturated rings. The molecule has 1 aromatic rings. The summed E-state index contributed by atoms with van der Waals surface area (Å²) < 4.78 is 2.23. The molecule has 14 heavy (non-hydrogen) atoms. The minimum atomic E-state index is 0.562. The molecule has 0 radical (unpaired) electrons. The Bertz CT molecular complexity index is 278. The van der Waals surface area contributed by atoms with Crippen LogP contribution in [-0.2, 0) is 6.54 Å². The molecule has 0 aliphatic carbocycles. The van der Waals surface area contributed by atoms with E-state index in [1.165, 1.54) is 5.69 Å². The van der Waals surface area contributed by atoms with Gasteiger partial charge in [0.2, 0.25) is 0 Å². The van der Waals surface area contributed by atoms with Gasteiger partial charge in [0.05, 0.1) is 12.0 Å². The van der Waals surface area contributed by atoms with E-state index >= 15 is 0 Å². The van der Waals surface area contributed by atoms with Crippen LogP contribution in [0.25, 0.3) is 0 Å². The number of hydrogen-bond acceptors (Lipinski definition) is 2. The van der Waals surface area contributed by atoms with Gasteiger partial charge in [-0.25, -0.2) is 4.98 Å². The predicted molar refractivity (Wildman–Crippen MR) is 59.5 cm³/mol. The standard InChI is InChI=1S/C11H21N3/c1-5-11(12-6-2)7-14-8-13-9(3)10(14)4/h8,11-12H,5-7H2,1-4H3. The second-order valence-corrected chi connectivity index (χ2v) is 3.73. The van der Waals surface area contributed by atoms with Crippen molar-refractivity contribution in [1.82, 2.24) is 14.9 Å². The van der Waals surface area contributed by atoms with Crippen molar-refractivity contribution in [3.05, 3.63) is 17.7 Å². The second kappa shape index (κ2) is 5.15. The minimum Gasteiger partial charge on any atom is -0.333 e. The largest absolute Gasteiger partial charge is 0.333 e. The zero-order chi connectivity index (χ0) is 10.6. The van der Waals surface area contributed by atoms with Gasteiger partial charge in [0, 0.05) is 18.3 Å². The van der Waals surface area contributed by atoms with E-state index in [2.05, 4.69) is 42.6 Å². The van der Waals surface area contributed by atoms with Gasteiger partial charge in [0.1, 0.15) is 0 Å². The van der Waals surface area contributed by atoms with E-state index in [1.807, 2.05) is 6.33 Å². The summed E-state index contributed by atoms with van der Waals surface area (Å²) in [5.74, 6) is 0. The third kappa shape index (κ3) is 2.58. The van der Waals surface area contributed by atoms with E-state index in [-0.39, 0.29) is 0 Å². The average molecular weight is 195 g/mol. The Balaban J connectivity index is 2.62. The molecule has 1 heterocycles. The summed E-state index contributed by atoms with van der Waals surface area (Å²) in [7, 11) is 0. The van der Waals surface area contributed by atoms with Gasteiger partial charge in [0.15, 0.2) is 0 Å². The lowest BCUT2D eigenvalue weighted by molar-refractivity contribution is 0.442. The van der Waals surface area contributed by atoms with Crippen LogP contribution in [0.1, 0.15) is 31.7 Å². The molecule has 1 rings (SSSR count). The first-order chi connectivity index (χ1) is 6.69. The van der Waals surface area contributed by atoms with Gasteiger partial charge >= 0.3 is 0 Å². The van der Waals surface area contributed by atoms with Crippen LogP contribution in [0, 0.1) is 13.8 Å². The van der Waals surface area contributed by atoms with E-state index in [9.17, 15) is 0 Å². The number of rotatable bonds is 5. The van der Waals surface area contributed by atoms with Crippen LogP contribution in [0.5, 0.6) is 0 Å². The summed E-state index contributed by atoms with van der Waals surface area (Å²) >= 11 is 0. The molecule has 80 valence electrons. The molecular formula is C11H21N3. The lowest BCUT2D eigenvalue weighted by Gasteiger charge is -2.17. The Hall–Kier alpha value is -0.830. The van der Waals surface area contributed by atoms with Gasteiger partial charge in [-0.2, -0.15) is 0 Å². The van der Waals surface area contributed by atoms with Crippen molar-refractivity contribution in [1.29, 1.82) is 0 Å². The average Bonchev–Trinajstić information content (AvgIpc) is 2.49. The molecule has 1 aromatic heterocycles. The third-order valence-electron chi connectivity index (χ3n) is 2.75. The number of aromatic nitrogens is 2. The molecule has 0 spiro atoms. The van der Waals surface area contributed by atoms with Gasteiger partial charge < -0.3 is 9.88 Å². The number of nitrogens with one attached hydrogen (secondary N) is 1. The number of imidazole rings is 1. The lowest BCUT2D eigenvalue weighted by atomic mass is 10.2. The van der Waals surface area contributed by atoms with Gasteiger partial charge in [-0.05, 0) is 26.8 Å². The van der Waals surface area contributed by atoms with Crippen LogP contribution < -0.4 is 5.32 Å². The van der Waals surface area contributed by atoms with Crippen LogP contribution in [0.3, 0.4) is 0 Å². The van der Waals surface area contributed by atoms with Crippen LogP contribution in [0.2, 0.25) is 0 Å². The lowest BCUT2D eigenvalue weighted by Crippen LogP contribution is -2.32. The number of hydrogen-bond donors (Lipinski definition) is 1. The monoisotopic (exact) mass is 195 g/mol. The van der Waals surface area contributed by atoms with Crippen molar-refractivity contribution < 1.29 is 0 Å². The second-order valence-electron chi connectivity index (χ2n) is 3.73. The third-order valence-corrected chi connectivity index (χ3v) is 2.75. The zero-order valence-corrected chi connectivity index (χ0v) is 9.67. The highest BCUT2D eigenvalue weighted by atomic mass is 15.1. The molecule has 0 aliphatic heterocycles. The molecule has 0 saturated carbocycles. The van der Waals surface area contributed by atoms with E-state index in [4.69, 9.17) is 0 Å². The first kappa shape index (κ1) is 11.2. The molecular weight excluding hydrogens is 174 g/mol. The molecule has 1 unspecified atom stereocenters. The van der Waals surface area contributed by atoms with Crippen molar-refractivity contribution in [3.8, 4) is 0 Å². The fraction of sp³-hybridized carbons (Fsp3) is 0.727. The van der Waals surface area contributed by atoms with Gasteiger partial charge in [-0.15, -0.1) is 0 Å². The van der Waals surface area contributed by atoms with Gasteiger partial charge in [-0.1, -0.05) is 13.8 Å². The number of aryl methyl sites for hydroxylation is 1. The van der Waals surface area contributed by atoms with Crippen molar-refractivity contribution in [2.45, 2.75) is 46.7 Å². The number of likely N-dealkylation sites (N-methyl/N-ethyl adjacent to an activating group) is 1. The Morgan fingerprint density at radius 3 is 2.57 bits per heavy atom. The van der Waals surface area contributed by atoms with Crippen molar-refractivity contribution in [3.63, 3.8) is 0 Å². The Morgan fingerprint density at radius 2 is 2.14 bits per heavy atom. The molecule has 0 saturated heterocycles. The fourth-order valence-electron chi connectivity index (χ4n) is 1.59. The quantitative estimate of drug-likeness (QED) is 0.777. The molecule has 1 atom stereocenters. The van der Waals surface area contributed by atoms with E-state index in [0.29, 0.717) is 6.04 Å². The molecule has 3 nitrogen and oxygen atoms in total. The predicted octanol–water partition coefficient (Wildman–Crippen LogP) is 1.89. The normalized spacial score (nSPS) is 13.1.